The summed E-state index contributed by atoms with van der Waals surface area (Å²) in [6.45, 7) is 2.16. The van der Waals surface area contributed by atoms with Crippen molar-refractivity contribution in [3.8, 4) is 11.1 Å². The molecule has 236 valence electrons. The zero-order chi connectivity index (χ0) is 32.7. The molecule has 0 bridgehead atoms. The van der Waals surface area contributed by atoms with E-state index in [1.165, 1.54) is 71.6 Å². The minimum Gasteiger partial charge on any atom is -0.309 e. The Hall–Kier alpha value is -5.31. The Labute approximate surface area is 293 Å². The molecule has 0 fully saturated rings. The molecule has 0 N–H and O–H groups in total. The first-order valence-corrected chi connectivity index (χ1v) is 18.2. The molecule has 6 aromatic carbocycles. The summed E-state index contributed by atoms with van der Waals surface area (Å²) in [4.78, 5) is 3.82. The molecule has 49 heavy (non-hydrogen) atoms. The van der Waals surface area contributed by atoms with E-state index in [0.29, 0.717) is 11.2 Å². The fraction of sp³-hybridized carbons (Fsp3) is 0.106. The third-order valence-corrected chi connectivity index (χ3v) is 11.6. The standard InChI is InChI=1S/C47H37NS/c1-32-24-28-36(29-25-32)48(37-30-26-35(27-31-37)39-19-9-15-34-14-5-6-16-38(34)39)45-23-11-22-44-43-21-10-20-42(46(43)49-47(44)45)41-18-8-7-17-40(41)33-12-3-2-4-13-33/h3,5-31,43,46H,2,4H2,1H3. The van der Waals surface area contributed by atoms with Crippen LogP contribution in [0.4, 0.5) is 17.1 Å². The van der Waals surface area contributed by atoms with E-state index in [1.807, 2.05) is 11.8 Å². The van der Waals surface area contributed by atoms with Crippen LogP contribution in [0, 0.1) is 6.92 Å². The lowest BCUT2D eigenvalue weighted by Gasteiger charge is -2.28. The number of allylic oxidation sites excluding steroid dienone is 7. The summed E-state index contributed by atoms with van der Waals surface area (Å²) in [5.74, 6) is 0.317. The first-order valence-electron chi connectivity index (χ1n) is 17.3. The monoisotopic (exact) mass is 647 g/mol. The zero-order valence-corrected chi connectivity index (χ0v) is 28.4. The van der Waals surface area contributed by atoms with Gasteiger partial charge in [-0.15, -0.1) is 11.8 Å². The molecule has 2 unspecified atom stereocenters. The van der Waals surface area contributed by atoms with Crippen LogP contribution in [-0.4, -0.2) is 5.25 Å². The maximum absolute atomic E-state index is 2.45. The number of rotatable bonds is 6. The summed E-state index contributed by atoms with van der Waals surface area (Å²) < 4.78 is 0. The summed E-state index contributed by atoms with van der Waals surface area (Å²) >= 11 is 2.03. The van der Waals surface area contributed by atoms with Crippen LogP contribution in [-0.2, 0) is 0 Å². The maximum atomic E-state index is 2.45. The molecule has 1 aliphatic heterocycles. The second-order valence-corrected chi connectivity index (χ2v) is 14.3. The van der Waals surface area contributed by atoms with Gasteiger partial charge in [-0.05, 0) is 99.8 Å². The molecule has 2 aliphatic carbocycles. The molecule has 1 heterocycles. The molecule has 0 spiro atoms. The van der Waals surface area contributed by atoms with Crippen LogP contribution in [0.25, 0.3) is 33.0 Å². The molecular formula is C47H37NS. The summed E-state index contributed by atoms with van der Waals surface area (Å²) in [6.07, 6.45) is 16.3. The highest BCUT2D eigenvalue weighted by atomic mass is 32.2. The minimum absolute atomic E-state index is 0.309. The van der Waals surface area contributed by atoms with Crippen molar-refractivity contribution in [3.05, 3.63) is 192 Å². The van der Waals surface area contributed by atoms with Crippen molar-refractivity contribution in [2.45, 2.75) is 35.8 Å². The van der Waals surface area contributed by atoms with Crippen molar-refractivity contribution in [3.63, 3.8) is 0 Å². The summed E-state index contributed by atoms with van der Waals surface area (Å²) in [7, 11) is 0. The van der Waals surface area contributed by atoms with Crippen LogP contribution in [0.3, 0.4) is 0 Å². The van der Waals surface area contributed by atoms with Crippen LogP contribution in [0.5, 0.6) is 0 Å². The average Bonchev–Trinajstić information content (AvgIpc) is 3.56. The number of anilines is 3. The van der Waals surface area contributed by atoms with E-state index in [1.54, 1.807) is 0 Å². The van der Waals surface area contributed by atoms with Crippen LogP contribution >= 0.6 is 11.8 Å². The van der Waals surface area contributed by atoms with Crippen molar-refractivity contribution in [2.75, 3.05) is 4.90 Å². The van der Waals surface area contributed by atoms with Crippen molar-refractivity contribution in [1.29, 1.82) is 0 Å². The number of nitrogens with zero attached hydrogens (tertiary/aromatic N) is 1. The first-order chi connectivity index (χ1) is 24.2. The van der Waals surface area contributed by atoms with Crippen LogP contribution in [0.2, 0.25) is 0 Å². The van der Waals surface area contributed by atoms with Gasteiger partial charge in [0.25, 0.3) is 0 Å². The van der Waals surface area contributed by atoms with Gasteiger partial charge in [-0.25, -0.2) is 0 Å². The normalized spacial score (nSPS) is 17.7. The van der Waals surface area contributed by atoms with Gasteiger partial charge in [0.15, 0.2) is 0 Å². The van der Waals surface area contributed by atoms with Crippen molar-refractivity contribution in [1.82, 2.24) is 0 Å². The van der Waals surface area contributed by atoms with Gasteiger partial charge in [-0.2, -0.15) is 0 Å². The van der Waals surface area contributed by atoms with Gasteiger partial charge in [0.05, 0.1) is 5.69 Å². The van der Waals surface area contributed by atoms with E-state index in [9.17, 15) is 0 Å². The molecule has 2 atom stereocenters. The van der Waals surface area contributed by atoms with E-state index < -0.39 is 0 Å². The SMILES string of the molecule is Cc1ccc(N(c2ccc(-c3cccc4ccccc34)cc2)c2cccc3c2SC2C(c4ccccc4C4=CCCC=C4)=CC=CC32)cc1. The summed E-state index contributed by atoms with van der Waals surface area (Å²) in [5.41, 5.74) is 14.2. The molecule has 1 nitrogen and oxygen atoms in total. The Morgan fingerprint density at radius 2 is 1.37 bits per heavy atom. The summed E-state index contributed by atoms with van der Waals surface area (Å²) in [6, 6.07) is 49.2. The third-order valence-electron chi connectivity index (χ3n) is 10.2. The average molecular weight is 648 g/mol. The lowest BCUT2D eigenvalue weighted by Crippen LogP contribution is -2.14. The highest BCUT2D eigenvalue weighted by Gasteiger charge is 2.38. The largest absolute Gasteiger partial charge is 0.309 e. The Morgan fingerprint density at radius 1 is 0.653 bits per heavy atom. The number of thioether (sulfide) groups is 1. The minimum atomic E-state index is 0.309. The van der Waals surface area contributed by atoms with Crippen LogP contribution < -0.4 is 4.90 Å². The van der Waals surface area contributed by atoms with Gasteiger partial charge in [0.1, 0.15) is 0 Å². The number of hydrogen-bond acceptors (Lipinski definition) is 2. The maximum Gasteiger partial charge on any atom is 0.0600 e. The van der Waals surface area contributed by atoms with Crippen LogP contribution in [0.1, 0.15) is 41.0 Å². The predicted octanol–water partition coefficient (Wildman–Crippen LogP) is 13.2. The number of hydrogen-bond donors (Lipinski definition) is 0. The zero-order valence-electron chi connectivity index (χ0n) is 27.6. The molecule has 0 amide bonds. The van der Waals surface area contributed by atoms with E-state index in [4.69, 9.17) is 0 Å². The third kappa shape index (κ3) is 5.37. The molecule has 2 heteroatoms. The Morgan fingerprint density at radius 3 is 2.18 bits per heavy atom. The quantitative estimate of drug-likeness (QED) is 0.177. The van der Waals surface area contributed by atoms with Gasteiger partial charge in [0.2, 0.25) is 0 Å². The molecule has 0 saturated heterocycles. The lowest BCUT2D eigenvalue weighted by molar-refractivity contribution is 0.892. The number of fused-ring (bicyclic) bond motifs is 4. The van der Waals surface area contributed by atoms with E-state index in [0.717, 1.165) is 18.5 Å². The lowest BCUT2D eigenvalue weighted by atomic mass is 9.82. The van der Waals surface area contributed by atoms with E-state index in [2.05, 4.69) is 182 Å². The van der Waals surface area contributed by atoms with Gasteiger partial charge in [-0.3, -0.25) is 0 Å². The van der Waals surface area contributed by atoms with E-state index in [-0.39, 0.29) is 0 Å². The smallest absolute Gasteiger partial charge is 0.0600 e. The van der Waals surface area contributed by atoms with E-state index >= 15 is 0 Å². The Balaban J connectivity index is 1.12. The van der Waals surface area contributed by atoms with Gasteiger partial charge < -0.3 is 4.90 Å². The van der Waals surface area contributed by atoms with Crippen LogP contribution in [0.15, 0.2) is 175 Å². The number of benzene rings is 6. The van der Waals surface area contributed by atoms with Crippen molar-refractivity contribution >= 4 is 50.7 Å². The number of aryl methyl sites for hydroxylation is 1. The predicted molar refractivity (Wildman–Crippen MR) is 211 cm³/mol. The van der Waals surface area contributed by atoms with Gasteiger partial charge in [-0.1, -0.05) is 145 Å². The second kappa shape index (κ2) is 12.6. The molecule has 0 aromatic heterocycles. The highest BCUT2D eigenvalue weighted by Crippen LogP contribution is 2.57. The highest BCUT2D eigenvalue weighted by molar-refractivity contribution is 8.01. The molecule has 3 aliphatic rings. The molecule has 6 aromatic rings. The molecule has 0 saturated carbocycles. The second-order valence-electron chi connectivity index (χ2n) is 13.2. The van der Waals surface area contributed by atoms with Gasteiger partial charge >= 0.3 is 0 Å². The Kier molecular flexibility index (Phi) is 7.67. The molecular weight excluding hydrogens is 611 g/mol. The van der Waals surface area contributed by atoms with Crippen molar-refractivity contribution in [2.24, 2.45) is 0 Å². The first kappa shape index (κ1) is 29.8. The Bertz CT molecular complexity index is 2310. The molecule has 9 rings (SSSR count). The fourth-order valence-corrected chi connectivity index (χ4v) is 9.33. The molecule has 0 radical (unpaired) electrons. The fourth-order valence-electron chi connectivity index (χ4n) is 7.74. The summed E-state index contributed by atoms with van der Waals surface area (Å²) in [5, 5.41) is 2.85. The topological polar surface area (TPSA) is 3.24 Å². The van der Waals surface area contributed by atoms with Crippen molar-refractivity contribution < 1.29 is 0 Å². The van der Waals surface area contributed by atoms with Gasteiger partial charge in [0, 0.05) is 27.4 Å².